The van der Waals surface area contributed by atoms with E-state index in [9.17, 15) is 22.4 Å². The van der Waals surface area contributed by atoms with Gasteiger partial charge in [0.25, 0.3) is 0 Å². The van der Waals surface area contributed by atoms with Gasteiger partial charge in [0.15, 0.2) is 0 Å². The van der Waals surface area contributed by atoms with Crippen LogP contribution in [0.5, 0.6) is 5.75 Å². The molecule has 0 atom stereocenters. The van der Waals surface area contributed by atoms with E-state index < -0.39 is 23.6 Å². The maximum Gasteiger partial charge on any atom is 0.416 e. The topological polar surface area (TPSA) is 50.7 Å². The van der Waals surface area contributed by atoms with E-state index in [1.807, 2.05) is 0 Å². The molecular weight excluding hydrogens is 400 g/mol. The summed E-state index contributed by atoms with van der Waals surface area (Å²) in [5.41, 5.74) is -0.295. The Hall–Kier alpha value is -2.87. The van der Waals surface area contributed by atoms with E-state index in [1.54, 1.807) is 0 Å². The van der Waals surface area contributed by atoms with Gasteiger partial charge >= 0.3 is 12.2 Å². The molecule has 0 aliphatic rings. The Balaban J connectivity index is 2.19. The Morgan fingerprint density at radius 2 is 1.79 bits per heavy atom. The third-order valence-electron chi connectivity index (χ3n) is 3.74. The predicted octanol–water partition coefficient (Wildman–Crippen LogP) is 5.70. The summed E-state index contributed by atoms with van der Waals surface area (Å²) in [6, 6.07) is 5.76. The van der Waals surface area contributed by atoms with Crippen LogP contribution in [-0.2, 0) is 6.18 Å². The standard InChI is InChI=1S/C19H15ClF4N2O2/c1-10(12-4-6-13(7-5-12)19(22,23)24)25-18(27)26-11(2)16-15(28-3)9-8-14(21)17(16)20/h4-9H,2H2,1,3H3,(H,26,27). The van der Waals surface area contributed by atoms with Crippen LogP contribution < -0.4 is 10.1 Å². The van der Waals surface area contributed by atoms with Crippen LogP contribution >= 0.6 is 11.6 Å². The van der Waals surface area contributed by atoms with Gasteiger partial charge in [-0.1, -0.05) is 30.3 Å². The molecule has 0 radical (unpaired) electrons. The minimum Gasteiger partial charge on any atom is -0.496 e. The minimum atomic E-state index is -4.46. The Kier molecular flexibility index (Phi) is 6.45. The molecule has 0 bridgehead atoms. The van der Waals surface area contributed by atoms with E-state index in [0.29, 0.717) is 5.56 Å². The Morgan fingerprint density at radius 1 is 1.18 bits per heavy atom. The number of amides is 2. The van der Waals surface area contributed by atoms with E-state index >= 15 is 0 Å². The zero-order chi connectivity index (χ0) is 21.1. The third kappa shape index (κ3) is 4.89. The summed E-state index contributed by atoms with van der Waals surface area (Å²) in [4.78, 5) is 15.9. The van der Waals surface area contributed by atoms with E-state index in [2.05, 4.69) is 16.9 Å². The highest BCUT2D eigenvalue weighted by molar-refractivity contribution is 6.32. The van der Waals surface area contributed by atoms with Crippen molar-refractivity contribution in [3.63, 3.8) is 0 Å². The first-order chi connectivity index (χ1) is 13.0. The molecule has 0 unspecified atom stereocenters. The lowest BCUT2D eigenvalue weighted by atomic mass is 10.1. The average Bonchev–Trinajstić information content (AvgIpc) is 2.62. The molecule has 28 heavy (non-hydrogen) atoms. The molecule has 0 saturated heterocycles. The molecule has 2 aromatic carbocycles. The number of hydrogen-bond donors (Lipinski definition) is 1. The number of nitrogens with one attached hydrogen (secondary N) is 1. The molecule has 0 saturated carbocycles. The number of rotatable bonds is 4. The fourth-order valence-electron chi connectivity index (χ4n) is 2.32. The van der Waals surface area contributed by atoms with Crippen LogP contribution in [0.2, 0.25) is 5.02 Å². The van der Waals surface area contributed by atoms with Crippen molar-refractivity contribution in [2.24, 2.45) is 4.99 Å². The number of hydrogen-bond acceptors (Lipinski definition) is 2. The Morgan fingerprint density at radius 3 is 2.32 bits per heavy atom. The molecule has 0 spiro atoms. The SMILES string of the molecule is C=C(NC(=O)N=C(C)c1ccc(C(F)(F)F)cc1)c1c(OC)ccc(F)c1Cl. The van der Waals surface area contributed by atoms with E-state index in [4.69, 9.17) is 16.3 Å². The summed E-state index contributed by atoms with van der Waals surface area (Å²) < 4.78 is 56.6. The molecule has 0 heterocycles. The largest absolute Gasteiger partial charge is 0.496 e. The number of aliphatic imine (C=N–C) groups is 1. The summed E-state index contributed by atoms with van der Waals surface area (Å²) in [5.74, 6) is -0.530. The minimum absolute atomic E-state index is 0.0460. The first kappa shape index (κ1) is 21.4. The molecule has 9 heteroatoms. The van der Waals surface area contributed by atoms with Crippen molar-refractivity contribution in [3.8, 4) is 5.75 Å². The number of carbonyl (C=O) groups excluding carboxylic acids is 1. The number of methoxy groups -OCH3 is 1. The highest BCUT2D eigenvalue weighted by Crippen LogP contribution is 2.33. The molecule has 148 valence electrons. The highest BCUT2D eigenvalue weighted by atomic mass is 35.5. The summed E-state index contributed by atoms with van der Waals surface area (Å²) in [7, 11) is 1.34. The fourth-order valence-corrected chi connectivity index (χ4v) is 2.59. The molecule has 4 nitrogen and oxygen atoms in total. The Labute approximate surface area is 163 Å². The van der Waals surface area contributed by atoms with E-state index in [-0.39, 0.29) is 27.7 Å². The summed E-state index contributed by atoms with van der Waals surface area (Å²) in [6.07, 6.45) is -4.46. The lowest BCUT2D eigenvalue weighted by molar-refractivity contribution is -0.137. The summed E-state index contributed by atoms with van der Waals surface area (Å²) in [5, 5.41) is 2.06. The summed E-state index contributed by atoms with van der Waals surface area (Å²) in [6.45, 7) is 5.10. The highest BCUT2D eigenvalue weighted by Gasteiger charge is 2.30. The first-order valence-corrected chi connectivity index (χ1v) is 8.17. The molecule has 0 aliphatic heterocycles. The van der Waals surface area contributed by atoms with Gasteiger partial charge in [-0.15, -0.1) is 0 Å². The van der Waals surface area contributed by atoms with Gasteiger partial charge in [0.05, 0.1) is 29.0 Å². The smallest absolute Gasteiger partial charge is 0.416 e. The molecule has 2 rings (SSSR count). The van der Waals surface area contributed by atoms with E-state index in [0.717, 1.165) is 18.2 Å². The van der Waals surface area contributed by atoms with Crippen molar-refractivity contribution in [2.75, 3.05) is 7.11 Å². The first-order valence-electron chi connectivity index (χ1n) is 7.79. The predicted molar refractivity (Wildman–Crippen MR) is 99.2 cm³/mol. The van der Waals surface area contributed by atoms with Gasteiger partial charge in [0, 0.05) is 5.70 Å². The number of urea groups is 1. The number of alkyl halides is 3. The molecule has 0 aliphatic carbocycles. The zero-order valence-corrected chi connectivity index (χ0v) is 15.6. The molecule has 2 amide bonds. The molecule has 1 N–H and O–H groups in total. The van der Waals surface area contributed by atoms with Crippen molar-refractivity contribution >= 4 is 29.0 Å². The lowest BCUT2D eigenvalue weighted by Crippen LogP contribution is -2.19. The number of nitrogens with zero attached hydrogens (tertiary/aromatic N) is 1. The zero-order valence-electron chi connectivity index (χ0n) is 14.8. The van der Waals surface area contributed by atoms with Gasteiger partial charge in [-0.25, -0.2) is 9.18 Å². The quantitative estimate of drug-likeness (QED) is 0.515. The van der Waals surface area contributed by atoms with Gasteiger partial charge in [-0.05, 0) is 36.8 Å². The van der Waals surface area contributed by atoms with Crippen LogP contribution in [0.3, 0.4) is 0 Å². The maximum atomic E-state index is 13.7. The Bertz CT molecular complexity index is 938. The van der Waals surface area contributed by atoms with Gasteiger partial charge in [-0.2, -0.15) is 18.2 Å². The molecule has 2 aromatic rings. The summed E-state index contributed by atoms with van der Waals surface area (Å²) >= 11 is 5.91. The lowest BCUT2D eigenvalue weighted by Gasteiger charge is -2.13. The second-order valence-corrected chi connectivity index (χ2v) is 6.00. The second kappa shape index (κ2) is 8.43. The van der Waals surface area contributed by atoms with Crippen molar-refractivity contribution in [2.45, 2.75) is 13.1 Å². The van der Waals surface area contributed by atoms with Crippen LogP contribution in [-0.4, -0.2) is 18.9 Å². The number of ether oxygens (including phenoxy) is 1. The monoisotopic (exact) mass is 414 g/mol. The van der Waals surface area contributed by atoms with Crippen LogP contribution in [0.25, 0.3) is 5.70 Å². The van der Waals surface area contributed by atoms with Gasteiger partial charge in [-0.3, -0.25) is 0 Å². The van der Waals surface area contributed by atoms with Crippen LogP contribution in [0.4, 0.5) is 22.4 Å². The van der Waals surface area contributed by atoms with Crippen LogP contribution in [0.1, 0.15) is 23.6 Å². The fraction of sp³-hybridized carbons (Fsp3) is 0.158. The molecule has 0 aromatic heterocycles. The van der Waals surface area contributed by atoms with Crippen molar-refractivity contribution in [3.05, 3.63) is 70.5 Å². The normalized spacial score (nSPS) is 11.9. The second-order valence-electron chi connectivity index (χ2n) is 5.62. The maximum absolute atomic E-state index is 13.7. The van der Waals surface area contributed by atoms with E-state index in [1.165, 1.54) is 32.2 Å². The van der Waals surface area contributed by atoms with Crippen LogP contribution in [0, 0.1) is 5.82 Å². The molecular formula is C19H15ClF4N2O2. The number of benzene rings is 2. The van der Waals surface area contributed by atoms with Gasteiger partial charge < -0.3 is 10.1 Å². The van der Waals surface area contributed by atoms with Gasteiger partial charge in [0.2, 0.25) is 0 Å². The number of carbonyl (C=O) groups is 1. The van der Waals surface area contributed by atoms with Crippen LogP contribution in [0.15, 0.2) is 48.0 Å². The third-order valence-corrected chi connectivity index (χ3v) is 4.10. The van der Waals surface area contributed by atoms with Gasteiger partial charge in [0.1, 0.15) is 11.6 Å². The van der Waals surface area contributed by atoms with Crippen molar-refractivity contribution in [1.29, 1.82) is 0 Å². The van der Waals surface area contributed by atoms with Crippen molar-refractivity contribution in [1.82, 2.24) is 5.32 Å². The average molecular weight is 415 g/mol. The number of halogens is 5. The molecule has 0 fully saturated rings. The van der Waals surface area contributed by atoms with Crippen molar-refractivity contribution < 1.29 is 27.1 Å².